The molecule has 2 aliphatic heterocycles. The van der Waals surface area contributed by atoms with Gasteiger partial charge in [-0.15, -0.1) is 0 Å². The Morgan fingerprint density at radius 1 is 1.26 bits per heavy atom. The van der Waals surface area contributed by atoms with E-state index in [-0.39, 0.29) is 6.04 Å². The normalized spacial score (nSPS) is 29.6. The van der Waals surface area contributed by atoms with Crippen molar-refractivity contribution in [3.63, 3.8) is 0 Å². The minimum Gasteiger partial charge on any atom is -0.320 e. The summed E-state index contributed by atoms with van der Waals surface area (Å²) in [5, 5.41) is 3.06. The molecule has 2 rings (SSSR count). The van der Waals surface area contributed by atoms with Crippen LogP contribution in [-0.4, -0.2) is 68.7 Å². The zero-order chi connectivity index (χ0) is 13.9. The lowest BCUT2D eigenvalue weighted by molar-refractivity contribution is 0.117. The number of unbranched alkanes of at least 4 members (excludes halogenated alkanes) is 1. The fourth-order valence-electron chi connectivity index (χ4n) is 3.25. The molecule has 5 nitrogen and oxygen atoms in total. The number of fused-ring (bicyclic) bond motifs is 1. The van der Waals surface area contributed by atoms with Gasteiger partial charge in [-0.3, -0.25) is 4.90 Å². The molecule has 0 aliphatic carbocycles. The average Bonchev–Trinajstić information content (AvgIpc) is 2.80. The fourth-order valence-corrected chi connectivity index (χ4v) is 5.07. The van der Waals surface area contributed by atoms with Gasteiger partial charge in [0.15, 0.2) is 0 Å². The largest absolute Gasteiger partial charge is 0.320 e. The number of piperazine rings is 1. The Morgan fingerprint density at radius 3 is 2.79 bits per heavy atom. The fraction of sp³-hybridized carbons (Fsp3) is 1.00. The summed E-state index contributed by atoms with van der Waals surface area (Å²) >= 11 is 0. The van der Waals surface area contributed by atoms with Crippen molar-refractivity contribution < 1.29 is 8.42 Å². The Labute approximate surface area is 117 Å². The Hall–Kier alpha value is -0.170. The smallest absolute Gasteiger partial charge is 0.214 e. The third kappa shape index (κ3) is 3.68. The van der Waals surface area contributed by atoms with Crippen LogP contribution in [0.2, 0.25) is 0 Å². The predicted octanol–water partition coefficient (Wildman–Crippen LogP) is 0.484. The molecule has 2 heterocycles. The number of rotatable bonds is 6. The minimum atomic E-state index is -3.07. The highest BCUT2D eigenvalue weighted by atomic mass is 32.2. The lowest BCUT2D eigenvalue weighted by Gasteiger charge is -2.41. The first-order chi connectivity index (χ1) is 9.04. The third-order valence-corrected chi connectivity index (χ3v) is 6.34. The summed E-state index contributed by atoms with van der Waals surface area (Å²) in [6.07, 6.45) is 4.04. The molecule has 2 unspecified atom stereocenters. The van der Waals surface area contributed by atoms with Crippen molar-refractivity contribution in [3.8, 4) is 0 Å². The van der Waals surface area contributed by atoms with E-state index in [2.05, 4.69) is 10.2 Å². The van der Waals surface area contributed by atoms with Crippen LogP contribution in [0.15, 0.2) is 0 Å². The van der Waals surface area contributed by atoms with Gasteiger partial charge in [-0.05, 0) is 52.7 Å². The molecule has 0 saturated carbocycles. The number of hydrogen-bond acceptors (Lipinski definition) is 4. The molecule has 2 saturated heterocycles. The molecule has 0 aromatic carbocycles. The molecular formula is C13H27N3O2S. The van der Waals surface area contributed by atoms with Crippen molar-refractivity contribution in [1.29, 1.82) is 0 Å². The lowest BCUT2D eigenvalue weighted by atomic mass is 10.1. The molecule has 112 valence electrons. The second-order valence-corrected chi connectivity index (χ2v) is 7.88. The standard InChI is InChI=1S/C13H27N3O2S/c1-12-10-15-8-5-6-13(15)11-16(12)19(17,18)9-4-3-7-14-2/h12-14H,3-11H2,1-2H3. The van der Waals surface area contributed by atoms with Crippen LogP contribution >= 0.6 is 0 Å². The Bertz CT molecular complexity index is 385. The molecule has 0 aromatic heterocycles. The lowest BCUT2D eigenvalue weighted by Crippen LogP contribution is -2.57. The number of sulfonamides is 1. The highest BCUT2D eigenvalue weighted by Crippen LogP contribution is 2.26. The second-order valence-electron chi connectivity index (χ2n) is 5.84. The molecule has 0 radical (unpaired) electrons. The Balaban J connectivity index is 1.91. The number of nitrogens with one attached hydrogen (secondary N) is 1. The molecule has 1 N–H and O–H groups in total. The molecule has 6 heteroatoms. The zero-order valence-corrected chi connectivity index (χ0v) is 13.0. The first-order valence-electron chi connectivity index (χ1n) is 7.43. The van der Waals surface area contributed by atoms with E-state index in [0.29, 0.717) is 18.3 Å². The summed E-state index contributed by atoms with van der Waals surface area (Å²) < 4.78 is 26.6. The van der Waals surface area contributed by atoms with E-state index in [9.17, 15) is 8.42 Å². The summed E-state index contributed by atoms with van der Waals surface area (Å²) in [4.78, 5) is 2.46. The van der Waals surface area contributed by atoms with E-state index < -0.39 is 10.0 Å². The zero-order valence-electron chi connectivity index (χ0n) is 12.1. The van der Waals surface area contributed by atoms with Crippen LogP contribution in [0.25, 0.3) is 0 Å². The SMILES string of the molecule is CNCCCCS(=O)(=O)N1CC2CCCN2CC1C. The van der Waals surface area contributed by atoms with Crippen LogP contribution in [-0.2, 0) is 10.0 Å². The van der Waals surface area contributed by atoms with Gasteiger partial charge in [0.05, 0.1) is 5.75 Å². The van der Waals surface area contributed by atoms with Crippen molar-refractivity contribution in [1.82, 2.24) is 14.5 Å². The Kier molecular flexibility index (Phi) is 5.22. The molecule has 0 aromatic rings. The maximum Gasteiger partial charge on any atom is 0.214 e. The van der Waals surface area contributed by atoms with Gasteiger partial charge in [-0.2, -0.15) is 4.31 Å². The topological polar surface area (TPSA) is 52.7 Å². The first-order valence-corrected chi connectivity index (χ1v) is 9.03. The van der Waals surface area contributed by atoms with E-state index in [1.54, 1.807) is 4.31 Å². The highest BCUT2D eigenvalue weighted by Gasteiger charge is 2.39. The monoisotopic (exact) mass is 289 g/mol. The van der Waals surface area contributed by atoms with E-state index >= 15 is 0 Å². The van der Waals surface area contributed by atoms with Crippen LogP contribution in [0.5, 0.6) is 0 Å². The van der Waals surface area contributed by atoms with E-state index in [1.807, 2.05) is 14.0 Å². The van der Waals surface area contributed by atoms with Crippen LogP contribution in [0.4, 0.5) is 0 Å². The molecule has 0 bridgehead atoms. The third-order valence-electron chi connectivity index (χ3n) is 4.32. The van der Waals surface area contributed by atoms with Crippen molar-refractivity contribution in [2.24, 2.45) is 0 Å². The van der Waals surface area contributed by atoms with Gasteiger partial charge in [-0.25, -0.2) is 8.42 Å². The average molecular weight is 289 g/mol. The molecule has 2 atom stereocenters. The Morgan fingerprint density at radius 2 is 2.05 bits per heavy atom. The highest BCUT2D eigenvalue weighted by molar-refractivity contribution is 7.89. The number of nitrogens with zero attached hydrogens (tertiary/aromatic N) is 2. The molecular weight excluding hydrogens is 262 g/mol. The maximum absolute atomic E-state index is 12.4. The van der Waals surface area contributed by atoms with Gasteiger partial charge in [0, 0.05) is 25.2 Å². The number of hydrogen-bond donors (Lipinski definition) is 1. The summed E-state index contributed by atoms with van der Waals surface area (Å²) in [5.41, 5.74) is 0. The van der Waals surface area contributed by atoms with Gasteiger partial charge >= 0.3 is 0 Å². The predicted molar refractivity (Wildman–Crippen MR) is 77.7 cm³/mol. The summed E-state index contributed by atoms with van der Waals surface area (Å²) in [5.74, 6) is 0.297. The summed E-state index contributed by atoms with van der Waals surface area (Å²) in [6, 6.07) is 0.590. The van der Waals surface area contributed by atoms with Crippen molar-refractivity contribution in [3.05, 3.63) is 0 Å². The van der Waals surface area contributed by atoms with Crippen LogP contribution in [0.3, 0.4) is 0 Å². The van der Waals surface area contributed by atoms with Gasteiger partial charge < -0.3 is 5.32 Å². The molecule has 2 aliphatic rings. The second kappa shape index (κ2) is 6.52. The minimum absolute atomic E-state index is 0.128. The first kappa shape index (κ1) is 15.2. The van der Waals surface area contributed by atoms with E-state index in [0.717, 1.165) is 38.9 Å². The van der Waals surface area contributed by atoms with Crippen molar-refractivity contribution in [2.45, 2.75) is 44.7 Å². The quantitative estimate of drug-likeness (QED) is 0.723. The molecule has 2 fully saturated rings. The summed E-state index contributed by atoms with van der Waals surface area (Å²) in [7, 11) is -1.17. The van der Waals surface area contributed by atoms with Crippen LogP contribution in [0.1, 0.15) is 32.6 Å². The van der Waals surface area contributed by atoms with Gasteiger partial charge in [-0.1, -0.05) is 0 Å². The van der Waals surface area contributed by atoms with Gasteiger partial charge in [0.25, 0.3) is 0 Å². The van der Waals surface area contributed by atoms with Crippen molar-refractivity contribution in [2.75, 3.05) is 39.0 Å². The van der Waals surface area contributed by atoms with Gasteiger partial charge in [0.1, 0.15) is 0 Å². The maximum atomic E-state index is 12.4. The molecule has 19 heavy (non-hydrogen) atoms. The van der Waals surface area contributed by atoms with Crippen LogP contribution < -0.4 is 5.32 Å². The van der Waals surface area contributed by atoms with Crippen LogP contribution in [0, 0.1) is 0 Å². The molecule has 0 spiro atoms. The van der Waals surface area contributed by atoms with Crippen molar-refractivity contribution >= 4 is 10.0 Å². The summed E-state index contributed by atoms with van der Waals surface area (Å²) in [6.45, 7) is 5.68. The van der Waals surface area contributed by atoms with E-state index in [1.165, 1.54) is 6.42 Å². The van der Waals surface area contributed by atoms with E-state index in [4.69, 9.17) is 0 Å². The van der Waals surface area contributed by atoms with Gasteiger partial charge in [0.2, 0.25) is 10.0 Å². The molecule has 0 amide bonds.